The third kappa shape index (κ3) is 0.905. The van der Waals surface area contributed by atoms with Gasteiger partial charge in [-0.15, -0.1) is 0 Å². The molecule has 2 heteroatoms. The van der Waals surface area contributed by atoms with E-state index in [0.717, 1.165) is 17.0 Å². The monoisotopic (exact) mass is 170 g/mol. The van der Waals surface area contributed by atoms with Gasteiger partial charge in [0.25, 0.3) is 0 Å². The second-order valence-corrected chi connectivity index (χ2v) is 3.45. The van der Waals surface area contributed by atoms with Gasteiger partial charge in [0.1, 0.15) is 5.41 Å². The zero-order valence-corrected chi connectivity index (χ0v) is 7.70. The van der Waals surface area contributed by atoms with Gasteiger partial charge < -0.3 is 0 Å². The van der Waals surface area contributed by atoms with Crippen LogP contribution in [0.5, 0.6) is 0 Å². The smallest absolute Gasteiger partial charge is 0.119 e. The van der Waals surface area contributed by atoms with Crippen molar-refractivity contribution in [1.29, 1.82) is 5.26 Å². The predicted molar refractivity (Wildman–Crippen MR) is 52.2 cm³/mol. The van der Waals surface area contributed by atoms with E-state index in [9.17, 15) is 0 Å². The molecule has 64 valence electrons. The molecule has 1 aromatic carbocycles. The van der Waals surface area contributed by atoms with Crippen molar-refractivity contribution in [2.45, 2.75) is 19.3 Å². The Bertz CT molecular complexity index is 426. The van der Waals surface area contributed by atoms with E-state index >= 15 is 0 Å². The SMILES string of the molecule is CC1=Nc2ccccc2[C@@]1(C)C#N. The van der Waals surface area contributed by atoms with Crippen LogP contribution in [0.3, 0.4) is 0 Å². The zero-order valence-electron chi connectivity index (χ0n) is 7.70. The highest BCUT2D eigenvalue weighted by Gasteiger charge is 2.36. The van der Waals surface area contributed by atoms with E-state index in [2.05, 4.69) is 11.1 Å². The predicted octanol–water partition coefficient (Wildman–Crippen LogP) is 2.57. The fraction of sp³-hybridized carbons (Fsp3) is 0.273. The number of hydrogen-bond acceptors (Lipinski definition) is 2. The molecule has 0 N–H and O–H groups in total. The average molecular weight is 170 g/mol. The van der Waals surface area contributed by atoms with Crippen LogP contribution in [-0.4, -0.2) is 5.71 Å². The molecule has 13 heavy (non-hydrogen) atoms. The lowest BCUT2D eigenvalue weighted by atomic mass is 9.82. The summed E-state index contributed by atoms with van der Waals surface area (Å²) in [6.07, 6.45) is 0. The van der Waals surface area contributed by atoms with Crippen LogP contribution >= 0.6 is 0 Å². The van der Waals surface area contributed by atoms with E-state index in [1.807, 2.05) is 38.1 Å². The van der Waals surface area contributed by atoms with Crippen molar-refractivity contribution in [2.24, 2.45) is 4.99 Å². The van der Waals surface area contributed by atoms with Gasteiger partial charge in [-0.2, -0.15) is 5.26 Å². The van der Waals surface area contributed by atoms with Crippen molar-refractivity contribution >= 4 is 11.4 Å². The van der Waals surface area contributed by atoms with Crippen LogP contribution in [0.2, 0.25) is 0 Å². The molecule has 0 bridgehead atoms. The standard InChI is InChI=1S/C11H10N2/c1-8-11(2,7-12)9-5-3-4-6-10(9)13-8/h3-6H,1-2H3/t11-/m0/s1. The van der Waals surface area contributed by atoms with Gasteiger partial charge in [-0.25, -0.2) is 0 Å². The maximum absolute atomic E-state index is 9.11. The first kappa shape index (κ1) is 8.00. The first-order valence-corrected chi connectivity index (χ1v) is 4.25. The summed E-state index contributed by atoms with van der Waals surface area (Å²) in [5, 5.41) is 9.11. The van der Waals surface area contributed by atoms with Gasteiger partial charge in [-0.3, -0.25) is 4.99 Å². The minimum absolute atomic E-state index is 0.517. The molecule has 0 spiro atoms. The molecule has 1 aromatic rings. The summed E-state index contributed by atoms with van der Waals surface area (Å²) < 4.78 is 0. The molecule has 0 amide bonds. The fourth-order valence-electron chi connectivity index (χ4n) is 1.62. The Hall–Kier alpha value is -1.62. The second-order valence-electron chi connectivity index (χ2n) is 3.45. The topological polar surface area (TPSA) is 36.1 Å². The summed E-state index contributed by atoms with van der Waals surface area (Å²) >= 11 is 0. The third-order valence-electron chi connectivity index (χ3n) is 2.68. The minimum atomic E-state index is -0.517. The third-order valence-corrected chi connectivity index (χ3v) is 2.68. The maximum atomic E-state index is 9.11. The highest BCUT2D eigenvalue weighted by molar-refractivity contribution is 6.02. The van der Waals surface area contributed by atoms with Crippen LogP contribution in [-0.2, 0) is 5.41 Å². The average Bonchev–Trinajstić information content (AvgIpc) is 2.41. The Balaban J connectivity index is 2.70. The Morgan fingerprint density at radius 1 is 1.38 bits per heavy atom. The van der Waals surface area contributed by atoms with Crippen molar-refractivity contribution in [3.8, 4) is 6.07 Å². The van der Waals surface area contributed by atoms with Crippen molar-refractivity contribution in [3.63, 3.8) is 0 Å². The molecule has 1 aliphatic heterocycles. The quantitative estimate of drug-likeness (QED) is 0.589. The highest BCUT2D eigenvalue weighted by Crippen LogP contribution is 2.39. The molecule has 0 radical (unpaired) electrons. The molecule has 2 nitrogen and oxygen atoms in total. The normalized spacial score (nSPS) is 24.8. The molecule has 0 aliphatic carbocycles. The van der Waals surface area contributed by atoms with Crippen molar-refractivity contribution in [2.75, 3.05) is 0 Å². The van der Waals surface area contributed by atoms with Crippen LogP contribution < -0.4 is 0 Å². The summed E-state index contributed by atoms with van der Waals surface area (Å²) in [6, 6.07) is 10.1. The van der Waals surface area contributed by atoms with Crippen LogP contribution in [0.1, 0.15) is 19.4 Å². The van der Waals surface area contributed by atoms with Crippen molar-refractivity contribution in [1.82, 2.24) is 0 Å². The second kappa shape index (κ2) is 2.43. The number of rotatable bonds is 0. The summed E-state index contributed by atoms with van der Waals surface area (Å²) in [5.41, 5.74) is 2.33. The molecule has 0 saturated heterocycles. The van der Waals surface area contributed by atoms with Crippen molar-refractivity contribution < 1.29 is 0 Å². The van der Waals surface area contributed by atoms with E-state index in [1.165, 1.54) is 0 Å². The van der Waals surface area contributed by atoms with Crippen LogP contribution in [0.25, 0.3) is 0 Å². The summed E-state index contributed by atoms with van der Waals surface area (Å²) in [5.74, 6) is 0. The highest BCUT2D eigenvalue weighted by atomic mass is 14.8. The van der Waals surface area contributed by atoms with Gasteiger partial charge in [0, 0.05) is 11.3 Å². The molecule has 0 unspecified atom stereocenters. The van der Waals surface area contributed by atoms with Crippen molar-refractivity contribution in [3.05, 3.63) is 29.8 Å². The van der Waals surface area contributed by atoms with Gasteiger partial charge in [-0.1, -0.05) is 18.2 Å². The molecule has 1 aliphatic rings. The summed E-state index contributed by atoms with van der Waals surface area (Å²) in [7, 11) is 0. The maximum Gasteiger partial charge on any atom is 0.119 e. The van der Waals surface area contributed by atoms with Crippen LogP contribution in [0, 0.1) is 11.3 Å². The molecule has 1 heterocycles. The van der Waals surface area contributed by atoms with Gasteiger partial charge >= 0.3 is 0 Å². The molecule has 0 aromatic heterocycles. The van der Waals surface area contributed by atoms with Gasteiger partial charge in [0.05, 0.1) is 11.8 Å². The first-order chi connectivity index (χ1) is 6.18. The molecular weight excluding hydrogens is 160 g/mol. The zero-order chi connectivity index (χ0) is 9.47. The lowest BCUT2D eigenvalue weighted by molar-refractivity contribution is 0.845. The molecule has 0 saturated carbocycles. The molecule has 0 fully saturated rings. The lowest BCUT2D eigenvalue weighted by Gasteiger charge is -2.15. The summed E-state index contributed by atoms with van der Waals surface area (Å²) in [4.78, 5) is 4.37. The number of benzene rings is 1. The molecular formula is C11H10N2. The number of para-hydroxylation sites is 1. The van der Waals surface area contributed by atoms with Gasteiger partial charge in [0.2, 0.25) is 0 Å². The number of nitrogens with zero attached hydrogens (tertiary/aromatic N) is 2. The Morgan fingerprint density at radius 2 is 2.08 bits per heavy atom. The van der Waals surface area contributed by atoms with E-state index in [1.54, 1.807) is 0 Å². The Labute approximate surface area is 77.5 Å². The van der Waals surface area contributed by atoms with Crippen LogP contribution in [0.15, 0.2) is 29.3 Å². The molecule has 1 atom stereocenters. The Morgan fingerprint density at radius 3 is 2.77 bits per heavy atom. The lowest BCUT2D eigenvalue weighted by Crippen LogP contribution is -2.24. The van der Waals surface area contributed by atoms with Gasteiger partial charge in [0.15, 0.2) is 0 Å². The number of hydrogen-bond donors (Lipinski definition) is 0. The Kier molecular flexibility index (Phi) is 1.50. The largest absolute Gasteiger partial charge is 0.256 e. The number of fused-ring (bicyclic) bond motifs is 1. The number of aliphatic imine (C=N–C) groups is 1. The van der Waals surface area contributed by atoms with Crippen LogP contribution in [0.4, 0.5) is 5.69 Å². The summed E-state index contributed by atoms with van der Waals surface area (Å²) in [6.45, 7) is 3.82. The fourth-order valence-corrected chi connectivity index (χ4v) is 1.62. The molecule has 2 rings (SSSR count). The van der Waals surface area contributed by atoms with Gasteiger partial charge in [-0.05, 0) is 19.9 Å². The van der Waals surface area contributed by atoms with E-state index < -0.39 is 5.41 Å². The number of nitriles is 1. The van der Waals surface area contributed by atoms with E-state index in [-0.39, 0.29) is 0 Å². The van der Waals surface area contributed by atoms with E-state index in [4.69, 9.17) is 5.26 Å². The minimum Gasteiger partial charge on any atom is -0.256 e. The van der Waals surface area contributed by atoms with E-state index in [0.29, 0.717) is 0 Å². The first-order valence-electron chi connectivity index (χ1n) is 4.25.